The van der Waals surface area contributed by atoms with Crippen molar-refractivity contribution in [1.82, 2.24) is 19.2 Å². The van der Waals surface area contributed by atoms with Gasteiger partial charge in [0.15, 0.2) is 0 Å². The van der Waals surface area contributed by atoms with Gasteiger partial charge in [-0.3, -0.25) is 4.79 Å². The van der Waals surface area contributed by atoms with Crippen LogP contribution in [0.15, 0.2) is 59.8 Å². The highest BCUT2D eigenvalue weighted by molar-refractivity contribution is 7.89. The smallest absolute Gasteiger partial charge is 0.243 e. The number of benzene rings is 2. The van der Waals surface area contributed by atoms with Crippen molar-refractivity contribution in [3.63, 3.8) is 0 Å². The lowest BCUT2D eigenvalue weighted by Crippen LogP contribution is -2.38. The molecule has 0 aliphatic rings. The summed E-state index contributed by atoms with van der Waals surface area (Å²) in [6.45, 7) is 1.35. The number of nitrogens with zero attached hydrogens (tertiary/aromatic N) is 3. The summed E-state index contributed by atoms with van der Waals surface area (Å²) in [5, 5.41) is 2.56. The summed E-state index contributed by atoms with van der Waals surface area (Å²) in [6, 6.07) is 8.87. The zero-order valence-electron chi connectivity index (χ0n) is 16.3. The second-order valence-corrected chi connectivity index (χ2v) is 8.67. The molecule has 2 aromatic carbocycles. The molecule has 0 unspecified atom stereocenters. The monoisotopic (exact) mass is 434 g/mol. The Labute approximate surface area is 173 Å². The van der Waals surface area contributed by atoms with Crippen LogP contribution < -0.4 is 5.32 Å². The molecule has 1 N–H and O–H groups in total. The number of halogens is 2. The van der Waals surface area contributed by atoms with E-state index in [0.717, 1.165) is 28.6 Å². The summed E-state index contributed by atoms with van der Waals surface area (Å²) in [4.78, 5) is 16.1. The molecule has 1 aromatic heterocycles. The molecule has 1 heterocycles. The molecule has 7 nitrogen and oxygen atoms in total. The fourth-order valence-electron chi connectivity index (χ4n) is 2.82. The van der Waals surface area contributed by atoms with E-state index >= 15 is 0 Å². The minimum absolute atomic E-state index is 0.0311. The molecule has 0 aliphatic heterocycles. The average molecular weight is 434 g/mol. The number of carbonyl (C=O) groups excluding carboxylic acids is 1. The first kappa shape index (κ1) is 21.6. The zero-order valence-corrected chi connectivity index (χ0v) is 17.2. The van der Waals surface area contributed by atoms with Gasteiger partial charge < -0.3 is 9.88 Å². The van der Waals surface area contributed by atoms with Gasteiger partial charge in [0.05, 0.1) is 17.1 Å². The normalized spacial score (nSPS) is 11.6. The SMILES string of the molecule is Cc1nccn1-c1ccc(CNC(=O)CN(C)S(=O)(=O)c2ccc(F)cc2)cc1F. The number of hydrogen-bond acceptors (Lipinski definition) is 4. The van der Waals surface area contributed by atoms with E-state index in [-0.39, 0.29) is 11.4 Å². The molecule has 158 valence electrons. The van der Waals surface area contributed by atoms with Crippen LogP contribution in [0.2, 0.25) is 0 Å². The number of rotatable bonds is 7. The Morgan fingerprint density at radius 2 is 1.87 bits per heavy atom. The summed E-state index contributed by atoms with van der Waals surface area (Å²) < 4.78 is 54.8. The topological polar surface area (TPSA) is 84.3 Å². The first-order chi connectivity index (χ1) is 14.2. The summed E-state index contributed by atoms with van der Waals surface area (Å²) in [5.74, 6) is -0.951. The predicted molar refractivity (Wildman–Crippen MR) is 106 cm³/mol. The standard InChI is InChI=1S/C20H20F2N4O3S/c1-14-23-9-10-26(14)19-8-3-15(11-18(19)22)12-24-20(27)13-25(2)30(28,29)17-6-4-16(21)5-7-17/h3-11H,12-13H2,1-2H3,(H,24,27). The molecule has 3 aromatic rings. The van der Waals surface area contributed by atoms with Gasteiger partial charge in [-0.05, 0) is 48.9 Å². The molecule has 0 atom stereocenters. The molecule has 0 fully saturated rings. The molecule has 10 heteroatoms. The summed E-state index contributed by atoms with van der Waals surface area (Å²) in [6.07, 6.45) is 3.21. The maximum Gasteiger partial charge on any atom is 0.243 e. The third kappa shape index (κ3) is 4.71. The number of amides is 1. The van der Waals surface area contributed by atoms with E-state index in [1.54, 1.807) is 36.0 Å². The van der Waals surface area contributed by atoms with Gasteiger partial charge in [0.25, 0.3) is 0 Å². The Morgan fingerprint density at radius 1 is 1.17 bits per heavy atom. The van der Waals surface area contributed by atoms with Gasteiger partial charge in [0.2, 0.25) is 15.9 Å². The number of carbonyl (C=O) groups is 1. The maximum absolute atomic E-state index is 14.4. The predicted octanol–water partition coefficient (Wildman–Crippen LogP) is 2.40. The molecule has 3 rings (SSSR count). The van der Waals surface area contributed by atoms with Crippen molar-refractivity contribution in [3.05, 3.63) is 77.9 Å². The number of nitrogens with one attached hydrogen (secondary N) is 1. The van der Waals surface area contributed by atoms with Crippen molar-refractivity contribution in [3.8, 4) is 5.69 Å². The third-order valence-electron chi connectivity index (χ3n) is 4.48. The lowest BCUT2D eigenvalue weighted by Gasteiger charge is -2.17. The average Bonchev–Trinajstić information content (AvgIpc) is 3.12. The molecule has 0 bridgehead atoms. The molecular weight excluding hydrogens is 414 g/mol. The van der Waals surface area contributed by atoms with E-state index < -0.39 is 34.1 Å². The van der Waals surface area contributed by atoms with Gasteiger partial charge in [-0.25, -0.2) is 22.2 Å². The Hall–Kier alpha value is -3.11. The van der Waals surface area contributed by atoms with Crippen LogP contribution in [0.25, 0.3) is 5.69 Å². The van der Waals surface area contributed by atoms with Crippen LogP contribution in [0.1, 0.15) is 11.4 Å². The van der Waals surface area contributed by atoms with Crippen LogP contribution >= 0.6 is 0 Å². The van der Waals surface area contributed by atoms with E-state index in [1.165, 1.54) is 13.1 Å². The van der Waals surface area contributed by atoms with E-state index in [9.17, 15) is 22.0 Å². The quantitative estimate of drug-likeness (QED) is 0.619. The van der Waals surface area contributed by atoms with E-state index in [2.05, 4.69) is 10.3 Å². The first-order valence-corrected chi connectivity index (χ1v) is 10.4. The molecule has 0 saturated heterocycles. The van der Waals surface area contributed by atoms with Crippen molar-refractivity contribution in [2.24, 2.45) is 0 Å². The van der Waals surface area contributed by atoms with Gasteiger partial charge in [-0.1, -0.05) is 6.07 Å². The molecule has 0 saturated carbocycles. The van der Waals surface area contributed by atoms with Gasteiger partial charge >= 0.3 is 0 Å². The van der Waals surface area contributed by atoms with Crippen LogP contribution in [0, 0.1) is 18.6 Å². The summed E-state index contributed by atoms with van der Waals surface area (Å²) in [7, 11) is -2.69. The number of aryl methyl sites for hydroxylation is 1. The highest BCUT2D eigenvalue weighted by Crippen LogP contribution is 2.17. The van der Waals surface area contributed by atoms with E-state index in [0.29, 0.717) is 17.1 Å². The second-order valence-electron chi connectivity index (χ2n) is 6.62. The Morgan fingerprint density at radius 3 is 2.47 bits per heavy atom. The number of imidazole rings is 1. The largest absolute Gasteiger partial charge is 0.351 e. The third-order valence-corrected chi connectivity index (χ3v) is 6.29. The van der Waals surface area contributed by atoms with Crippen LogP contribution in [-0.2, 0) is 21.4 Å². The molecule has 1 amide bonds. The number of likely N-dealkylation sites (N-methyl/N-ethyl adjacent to an activating group) is 1. The first-order valence-electron chi connectivity index (χ1n) is 8.96. The molecule has 30 heavy (non-hydrogen) atoms. The van der Waals surface area contributed by atoms with E-state index in [4.69, 9.17) is 0 Å². The molecule has 0 spiro atoms. The lowest BCUT2D eigenvalue weighted by molar-refractivity contribution is -0.121. The van der Waals surface area contributed by atoms with Crippen LogP contribution in [0.5, 0.6) is 0 Å². The number of aromatic nitrogens is 2. The van der Waals surface area contributed by atoms with Crippen molar-refractivity contribution < 1.29 is 22.0 Å². The summed E-state index contributed by atoms with van der Waals surface area (Å²) >= 11 is 0. The van der Waals surface area contributed by atoms with Gasteiger partial charge in [0, 0.05) is 26.0 Å². The second kappa shape index (κ2) is 8.72. The maximum atomic E-state index is 14.4. The van der Waals surface area contributed by atoms with Gasteiger partial charge in [0.1, 0.15) is 17.5 Å². The highest BCUT2D eigenvalue weighted by atomic mass is 32.2. The minimum atomic E-state index is -3.94. The van der Waals surface area contributed by atoms with Crippen molar-refractivity contribution >= 4 is 15.9 Å². The lowest BCUT2D eigenvalue weighted by atomic mass is 10.2. The zero-order chi connectivity index (χ0) is 21.9. The fraction of sp³-hybridized carbons (Fsp3) is 0.200. The highest BCUT2D eigenvalue weighted by Gasteiger charge is 2.23. The van der Waals surface area contributed by atoms with Gasteiger partial charge in [-0.15, -0.1) is 0 Å². The van der Waals surface area contributed by atoms with Crippen molar-refractivity contribution in [2.75, 3.05) is 13.6 Å². The molecular formula is C20H20F2N4O3S. The van der Waals surface area contributed by atoms with Crippen LogP contribution in [0.3, 0.4) is 0 Å². The number of sulfonamides is 1. The van der Waals surface area contributed by atoms with Crippen molar-refractivity contribution in [1.29, 1.82) is 0 Å². The van der Waals surface area contributed by atoms with Crippen molar-refractivity contribution in [2.45, 2.75) is 18.4 Å². The minimum Gasteiger partial charge on any atom is -0.351 e. The van der Waals surface area contributed by atoms with Gasteiger partial charge in [-0.2, -0.15) is 4.31 Å². The Balaban J connectivity index is 1.61. The summed E-state index contributed by atoms with van der Waals surface area (Å²) in [5.41, 5.74) is 0.858. The Kier molecular flexibility index (Phi) is 6.28. The van der Waals surface area contributed by atoms with Crippen LogP contribution in [-0.4, -0.2) is 41.8 Å². The van der Waals surface area contributed by atoms with E-state index in [1.807, 2.05) is 0 Å². The Bertz CT molecular complexity index is 1160. The molecule has 0 radical (unpaired) electrons. The fourth-order valence-corrected chi connectivity index (χ4v) is 3.95. The molecule has 0 aliphatic carbocycles. The van der Waals surface area contributed by atoms with Crippen LogP contribution in [0.4, 0.5) is 8.78 Å². The number of hydrogen-bond donors (Lipinski definition) is 1.